The standard InChI is InChI=1S/C13H19FN4O/c1-4-5-18(13(19)17-12(15)16)11-9(3)6-8(2)7-10(11)14/h6-7H,4-5H2,1-3H3,(H4,15,16,17,19). The van der Waals surface area contributed by atoms with Gasteiger partial charge in [0.1, 0.15) is 5.82 Å². The highest BCUT2D eigenvalue weighted by Crippen LogP contribution is 2.25. The van der Waals surface area contributed by atoms with E-state index in [-0.39, 0.29) is 5.69 Å². The van der Waals surface area contributed by atoms with Gasteiger partial charge < -0.3 is 5.73 Å². The Morgan fingerprint density at radius 3 is 2.58 bits per heavy atom. The van der Waals surface area contributed by atoms with E-state index in [2.05, 4.69) is 5.32 Å². The minimum Gasteiger partial charge on any atom is -0.370 e. The van der Waals surface area contributed by atoms with Crippen LogP contribution in [0.5, 0.6) is 0 Å². The summed E-state index contributed by atoms with van der Waals surface area (Å²) < 4.78 is 14.1. The number of halogens is 1. The summed E-state index contributed by atoms with van der Waals surface area (Å²) in [6.45, 7) is 5.77. The second-order valence-electron chi connectivity index (χ2n) is 4.41. The van der Waals surface area contributed by atoms with Gasteiger partial charge in [-0.3, -0.25) is 15.6 Å². The zero-order valence-electron chi connectivity index (χ0n) is 11.4. The molecule has 0 atom stereocenters. The van der Waals surface area contributed by atoms with Gasteiger partial charge in [0.05, 0.1) is 5.69 Å². The van der Waals surface area contributed by atoms with E-state index < -0.39 is 17.8 Å². The van der Waals surface area contributed by atoms with Crippen molar-refractivity contribution in [2.45, 2.75) is 27.2 Å². The smallest absolute Gasteiger partial charge is 0.328 e. The number of urea groups is 1. The molecule has 1 aromatic rings. The molecular weight excluding hydrogens is 247 g/mol. The summed E-state index contributed by atoms with van der Waals surface area (Å²) in [7, 11) is 0. The number of anilines is 1. The first-order valence-electron chi connectivity index (χ1n) is 6.06. The van der Waals surface area contributed by atoms with Crippen LogP contribution in [0.25, 0.3) is 0 Å². The molecule has 0 saturated carbocycles. The third-order valence-electron chi connectivity index (χ3n) is 2.60. The molecule has 104 valence electrons. The van der Waals surface area contributed by atoms with Gasteiger partial charge in [-0.1, -0.05) is 13.0 Å². The van der Waals surface area contributed by atoms with Gasteiger partial charge in [-0.05, 0) is 37.5 Å². The highest BCUT2D eigenvalue weighted by Gasteiger charge is 2.21. The second kappa shape index (κ2) is 6.17. The van der Waals surface area contributed by atoms with E-state index in [1.54, 1.807) is 13.8 Å². The first-order valence-corrected chi connectivity index (χ1v) is 6.06. The molecule has 0 radical (unpaired) electrons. The maximum atomic E-state index is 14.1. The van der Waals surface area contributed by atoms with Crippen LogP contribution in [0, 0.1) is 25.1 Å². The molecule has 0 bridgehead atoms. The minimum atomic E-state index is -0.597. The number of rotatable bonds is 3. The van der Waals surface area contributed by atoms with Gasteiger partial charge in [0.15, 0.2) is 5.96 Å². The SMILES string of the molecule is CCCN(C(=O)NC(=N)N)c1c(C)cc(C)cc1F. The molecule has 0 aliphatic rings. The van der Waals surface area contributed by atoms with Crippen molar-refractivity contribution >= 4 is 17.7 Å². The molecule has 5 nitrogen and oxygen atoms in total. The highest BCUT2D eigenvalue weighted by molar-refractivity contribution is 6.02. The number of aryl methyl sites for hydroxylation is 2. The fourth-order valence-electron chi connectivity index (χ4n) is 1.97. The zero-order valence-corrected chi connectivity index (χ0v) is 11.4. The van der Waals surface area contributed by atoms with Crippen LogP contribution in [-0.4, -0.2) is 18.5 Å². The molecule has 19 heavy (non-hydrogen) atoms. The fourth-order valence-corrected chi connectivity index (χ4v) is 1.97. The van der Waals surface area contributed by atoms with Crippen LogP contribution in [0.15, 0.2) is 12.1 Å². The van der Waals surface area contributed by atoms with E-state index in [4.69, 9.17) is 11.1 Å². The lowest BCUT2D eigenvalue weighted by atomic mass is 10.1. The van der Waals surface area contributed by atoms with Gasteiger partial charge >= 0.3 is 6.03 Å². The largest absolute Gasteiger partial charge is 0.370 e. The number of nitrogens with two attached hydrogens (primary N) is 1. The quantitative estimate of drug-likeness (QED) is 0.579. The lowest BCUT2D eigenvalue weighted by Gasteiger charge is -2.24. The molecule has 0 saturated heterocycles. The van der Waals surface area contributed by atoms with Gasteiger partial charge in [0.25, 0.3) is 0 Å². The van der Waals surface area contributed by atoms with E-state index in [0.717, 1.165) is 5.56 Å². The molecule has 0 aliphatic carbocycles. The summed E-state index contributed by atoms with van der Waals surface area (Å²) in [6, 6.07) is 2.59. The molecule has 6 heteroatoms. The monoisotopic (exact) mass is 266 g/mol. The van der Waals surface area contributed by atoms with Crippen molar-refractivity contribution in [2.24, 2.45) is 5.73 Å². The summed E-state index contributed by atoms with van der Waals surface area (Å²) >= 11 is 0. The number of hydrogen-bond acceptors (Lipinski definition) is 2. The third-order valence-corrected chi connectivity index (χ3v) is 2.60. The van der Waals surface area contributed by atoms with Crippen molar-refractivity contribution < 1.29 is 9.18 Å². The van der Waals surface area contributed by atoms with Crippen LogP contribution in [0.3, 0.4) is 0 Å². The van der Waals surface area contributed by atoms with Crippen LogP contribution in [-0.2, 0) is 0 Å². The van der Waals surface area contributed by atoms with Gasteiger partial charge in [0, 0.05) is 6.54 Å². The van der Waals surface area contributed by atoms with Crippen molar-refractivity contribution in [3.05, 3.63) is 29.1 Å². The lowest BCUT2D eigenvalue weighted by molar-refractivity contribution is 0.250. The van der Waals surface area contributed by atoms with Crippen LogP contribution in [0.2, 0.25) is 0 Å². The Morgan fingerprint density at radius 1 is 1.47 bits per heavy atom. The van der Waals surface area contributed by atoms with Crippen molar-refractivity contribution in [2.75, 3.05) is 11.4 Å². The molecule has 4 N–H and O–H groups in total. The molecule has 0 aromatic heterocycles. The molecule has 0 fully saturated rings. The Morgan fingerprint density at radius 2 is 2.11 bits per heavy atom. The Balaban J connectivity index is 3.19. The number of amides is 2. The molecule has 0 aliphatic heterocycles. The maximum absolute atomic E-state index is 14.1. The van der Waals surface area contributed by atoms with E-state index >= 15 is 0 Å². The summed E-state index contributed by atoms with van der Waals surface area (Å²) in [6.07, 6.45) is 0.665. The lowest BCUT2D eigenvalue weighted by Crippen LogP contribution is -2.46. The van der Waals surface area contributed by atoms with Crippen molar-refractivity contribution in [3.8, 4) is 0 Å². The predicted octanol–water partition coefficient (Wildman–Crippen LogP) is 2.26. The number of guanidine groups is 1. The third kappa shape index (κ3) is 3.67. The average Bonchev–Trinajstić information content (AvgIpc) is 2.25. The molecule has 1 rings (SSSR count). The Bertz CT molecular complexity index is 478. The molecular formula is C13H19FN4O. The van der Waals surface area contributed by atoms with Crippen LogP contribution >= 0.6 is 0 Å². The first kappa shape index (κ1) is 14.9. The second-order valence-corrected chi connectivity index (χ2v) is 4.41. The summed E-state index contributed by atoms with van der Waals surface area (Å²) in [5, 5.41) is 9.26. The molecule has 0 spiro atoms. The van der Waals surface area contributed by atoms with Gasteiger partial charge in [0.2, 0.25) is 0 Å². The number of hydrogen-bond donors (Lipinski definition) is 3. The van der Waals surface area contributed by atoms with E-state index in [0.29, 0.717) is 18.5 Å². The van der Waals surface area contributed by atoms with Crippen LogP contribution in [0.1, 0.15) is 24.5 Å². The van der Waals surface area contributed by atoms with Crippen LogP contribution in [0.4, 0.5) is 14.9 Å². The average molecular weight is 266 g/mol. The normalized spacial score (nSPS) is 10.1. The van der Waals surface area contributed by atoms with Crippen LogP contribution < -0.4 is 16.0 Å². The summed E-state index contributed by atoms with van der Waals surface area (Å²) in [5.74, 6) is -0.916. The van der Waals surface area contributed by atoms with Crippen molar-refractivity contribution in [1.29, 1.82) is 5.41 Å². The first-order chi connectivity index (χ1) is 8.86. The van der Waals surface area contributed by atoms with Gasteiger partial charge in [-0.2, -0.15) is 0 Å². The Kier molecular flexibility index (Phi) is 4.86. The van der Waals surface area contributed by atoms with Crippen molar-refractivity contribution in [3.63, 3.8) is 0 Å². The van der Waals surface area contributed by atoms with Crippen molar-refractivity contribution in [1.82, 2.24) is 5.32 Å². The fraction of sp³-hybridized carbons (Fsp3) is 0.385. The maximum Gasteiger partial charge on any atom is 0.328 e. The topological polar surface area (TPSA) is 82.2 Å². The van der Waals surface area contributed by atoms with E-state index in [1.807, 2.05) is 13.0 Å². The molecule has 1 aromatic carbocycles. The predicted molar refractivity (Wildman–Crippen MR) is 74.0 cm³/mol. The van der Waals surface area contributed by atoms with Gasteiger partial charge in [-0.15, -0.1) is 0 Å². The number of carbonyl (C=O) groups excluding carboxylic acids is 1. The number of carbonyl (C=O) groups is 1. The molecule has 2 amide bonds. The molecule has 0 unspecified atom stereocenters. The highest BCUT2D eigenvalue weighted by atomic mass is 19.1. The van der Waals surface area contributed by atoms with E-state index in [1.165, 1.54) is 11.0 Å². The Hall–Kier alpha value is -2.11. The molecule has 0 heterocycles. The minimum absolute atomic E-state index is 0.228. The number of nitrogens with zero attached hydrogens (tertiary/aromatic N) is 1. The zero-order chi connectivity index (χ0) is 14.6. The van der Waals surface area contributed by atoms with E-state index in [9.17, 15) is 9.18 Å². The van der Waals surface area contributed by atoms with Gasteiger partial charge in [-0.25, -0.2) is 9.18 Å². The summed E-state index contributed by atoms with van der Waals surface area (Å²) in [5.41, 5.74) is 6.83. The number of benzene rings is 1. The Labute approximate surface area is 112 Å². The number of nitrogens with one attached hydrogen (secondary N) is 2. The summed E-state index contributed by atoms with van der Waals surface area (Å²) in [4.78, 5) is 13.2.